The molecular formula is C19H32BN3O4. The minimum atomic E-state index is -0.941. The lowest BCUT2D eigenvalue weighted by atomic mass is 9.79. The number of carbonyl (C=O) groups is 1. The molecule has 0 spiro atoms. The summed E-state index contributed by atoms with van der Waals surface area (Å²) in [6, 6.07) is 5.60. The van der Waals surface area contributed by atoms with Gasteiger partial charge < -0.3 is 30.4 Å². The SMILES string of the molecule is CC(C)(C)N(CCNc1cc(B2OC(C)(C)C(C)(C)O2)ccc1N)C(=O)O. The van der Waals surface area contributed by atoms with Crippen molar-refractivity contribution in [1.82, 2.24) is 4.90 Å². The molecule has 0 radical (unpaired) electrons. The Morgan fingerprint density at radius 3 is 2.26 bits per heavy atom. The van der Waals surface area contributed by atoms with E-state index in [1.54, 1.807) is 6.07 Å². The minimum absolute atomic E-state index is 0.346. The Morgan fingerprint density at radius 1 is 1.22 bits per heavy atom. The maximum atomic E-state index is 11.4. The van der Waals surface area contributed by atoms with Gasteiger partial charge in [0, 0.05) is 18.6 Å². The number of rotatable bonds is 5. The van der Waals surface area contributed by atoms with Gasteiger partial charge in [-0.05, 0) is 66.1 Å². The van der Waals surface area contributed by atoms with Crippen molar-refractivity contribution >= 4 is 30.0 Å². The average molecular weight is 377 g/mol. The number of nitrogens with zero attached hydrogens (tertiary/aromatic N) is 1. The lowest BCUT2D eigenvalue weighted by molar-refractivity contribution is 0.00578. The highest BCUT2D eigenvalue weighted by atomic mass is 16.7. The van der Waals surface area contributed by atoms with E-state index in [4.69, 9.17) is 15.0 Å². The van der Waals surface area contributed by atoms with Gasteiger partial charge in [0.25, 0.3) is 0 Å². The molecule has 1 aliphatic rings. The molecule has 8 heteroatoms. The molecular weight excluding hydrogens is 345 g/mol. The molecule has 1 saturated heterocycles. The summed E-state index contributed by atoms with van der Waals surface area (Å²) in [6.07, 6.45) is -0.941. The summed E-state index contributed by atoms with van der Waals surface area (Å²) in [5.74, 6) is 0. The predicted octanol–water partition coefficient (Wildman–Crippen LogP) is 2.76. The number of benzene rings is 1. The van der Waals surface area contributed by atoms with Crippen LogP contribution < -0.4 is 16.5 Å². The van der Waals surface area contributed by atoms with Crippen LogP contribution in [0.15, 0.2) is 18.2 Å². The van der Waals surface area contributed by atoms with E-state index in [2.05, 4.69) is 5.32 Å². The van der Waals surface area contributed by atoms with Crippen molar-refractivity contribution in [3.05, 3.63) is 18.2 Å². The van der Waals surface area contributed by atoms with Crippen molar-refractivity contribution < 1.29 is 19.2 Å². The standard InChI is InChI=1S/C19H32BN3O4/c1-17(2,3)23(16(24)25)11-10-22-15-12-13(8-9-14(15)21)20-26-18(4,5)19(6,7)27-20/h8-9,12,22H,10-11,21H2,1-7H3,(H,24,25). The predicted molar refractivity (Wildman–Crippen MR) is 110 cm³/mol. The fourth-order valence-corrected chi connectivity index (χ4v) is 2.87. The maximum absolute atomic E-state index is 11.4. The van der Waals surface area contributed by atoms with Crippen LogP contribution in [0.25, 0.3) is 0 Å². The lowest BCUT2D eigenvalue weighted by Crippen LogP contribution is -2.47. The molecule has 0 unspecified atom stereocenters. The van der Waals surface area contributed by atoms with Crippen LogP contribution in [0.1, 0.15) is 48.5 Å². The first-order valence-corrected chi connectivity index (χ1v) is 9.24. The Labute approximate surface area is 162 Å². The number of hydrogen-bond donors (Lipinski definition) is 3. The summed E-state index contributed by atoms with van der Waals surface area (Å²) in [6.45, 7) is 14.4. The van der Waals surface area contributed by atoms with E-state index < -0.39 is 30.0 Å². The molecule has 0 aromatic heterocycles. The summed E-state index contributed by atoms with van der Waals surface area (Å²) < 4.78 is 12.2. The highest BCUT2D eigenvalue weighted by Gasteiger charge is 2.51. The first-order valence-electron chi connectivity index (χ1n) is 9.24. The number of amides is 1. The van der Waals surface area contributed by atoms with Crippen molar-refractivity contribution in [2.24, 2.45) is 0 Å². The van der Waals surface area contributed by atoms with Gasteiger partial charge in [-0.3, -0.25) is 0 Å². The molecule has 4 N–H and O–H groups in total. The topological polar surface area (TPSA) is 97.0 Å². The Bertz CT molecular complexity index is 685. The van der Waals surface area contributed by atoms with E-state index in [0.29, 0.717) is 18.8 Å². The number of nitrogens with two attached hydrogens (primary N) is 1. The summed E-state index contributed by atoms with van der Waals surface area (Å²) in [5, 5.41) is 12.6. The van der Waals surface area contributed by atoms with Crippen LogP contribution in [-0.2, 0) is 9.31 Å². The Morgan fingerprint density at radius 2 is 1.78 bits per heavy atom. The molecule has 1 aliphatic heterocycles. The molecule has 1 heterocycles. The molecule has 7 nitrogen and oxygen atoms in total. The van der Waals surface area contributed by atoms with E-state index in [0.717, 1.165) is 11.2 Å². The van der Waals surface area contributed by atoms with Crippen LogP contribution >= 0.6 is 0 Å². The zero-order valence-electron chi connectivity index (χ0n) is 17.4. The molecule has 1 fully saturated rings. The van der Waals surface area contributed by atoms with E-state index in [-0.39, 0.29) is 0 Å². The largest absolute Gasteiger partial charge is 0.494 e. The van der Waals surface area contributed by atoms with Crippen molar-refractivity contribution in [2.45, 2.75) is 65.2 Å². The molecule has 0 bridgehead atoms. The van der Waals surface area contributed by atoms with Gasteiger partial charge in [0.2, 0.25) is 0 Å². The van der Waals surface area contributed by atoms with Crippen molar-refractivity contribution in [1.29, 1.82) is 0 Å². The van der Waals surface area contributed by atoms with E-state index in [9.17, 15) is 9.90 Å². The molecule has 1 aromatic rings. The maximum Gasteiger partial charge on any atom is 0.494 e. The number of hydrogen-bond acceptors (Lipinski definition) is 5. The summed E-state index contributed by atoms with van der Waals surface area (Å²) in [5.41, 5.74) is 6.98. The van der Waals surface area contributed by atoms with E-state index >= 15 is 0 Å². The molecule has 27 heavy (non-hydrogen) atoms. The molecule has 150 valence electrons. The third kappa shape index (κ3) is 4.68. The number of nitrogens with one attached hydrogen (secondary N) is 1. The first kappa shape index (κ1) is 21.4. The van der Waals surface area contributed by atoms with Crippen LogP contribution in [-0.4, -0.2) is 53.0 Å². The van der Waals surface area contributed by atoms with E-state index in [1.165, 1.54) is 4.90 Å². The minimum Gasteiger partial charge on any atom is -0.465 e. The van der Waals surface area contributed by atoms with Gasteiger partial charge in [-0.2, -0.15) is 0 Å². The Kier molecular flexibility index (Phi) is 5.73. The zero-order chi connectivity index (χ0) is 20.6. The van der Waals surface area contributed by atoms with E-state index in [1.807, 2.05) is 60.6 Å². The Hall–Kier alpha value is -1.93. The monoisotopic (exact) mass is 377 g/mol. The molecule has 1 aromatic carbocycles. The van der Waals surface area contributed by atoms with Crippen LogP contribution in [0, 0.1) is 0 Å². The smallest absolute Gasteiger partial charge is 0.465 e. The van der Waals surface area contributed by atoms with Crippen molar-refractivity contribution in [3.8, 4) is 0 Å². The Balaban J connectivity index is 2.09. The first-order chi connectivity index (χ1) is 12.2. The third-order valence-electron chi connectivity index (χ3n) is 5.29. The molecule has 0 saturated carbocycles. The second-order valence-electron chi connectivity index (χ2n) is 8.97. The fourth-order valence-electron chi connectivity index (χ4n) is 2.87. The molecule has 0 atom stereocenters. The highest BCUT2D eigenvalue weighted by Crippen LogP contribution is 2.36. The average Bonchev–Trinajstić information content (AvgIpc) is 2.71. The fraction of sp³-hybridized carbons (Fsp3) is 0.632. The van der Waals surface area contributed by atoms with Crippen LogP contribution in [0.3, 0.4) is 0 Å². The third-order valence-corrected chi connectivity index (χ3v) is 5.29. The van der Waals surface area contributed by atoms with Crippen molar-refractivity contribution in [2.75, 3.05) is 24.1 Å². The van der Waals surface area contributed by atoms with Crippen LogP contribution in [0.4, 0.5) is 16.2 Å². The molecule has 1 amide bonds. The summed E-state index contributed by atoms with van der Waals surface area (Å²) >= 11 is 0. The van der Waals surface area contributed by atoms with Gasteiger partial charge in [-0.25, -0.2) is 4.79 Å². The van der Waals surface area contributed by atoms with Gasteiger partial charge in [-0.15, -0.1) is 0 Å². The number of anilines is 2. The normalized spacial score (nSPS) is 18.4. The second kappa shape index (κ2) is 7.24. The molecule has 2 rings (SSSR count). The van der Waals surface area contributed by atoms with Gasteiger partial charge in [-0.1, -0.05) is 6.07 Å². The summed E-state index contributed by atoms with van der Waals surface area (Å²) in [4.78, 5) is 12.8. The van der Waals surface area contributed by atoms with Crippen molar-refractivity contribution in [3.63, 3.8) is 0 Å². The highest BCUT2D eigenvalue weighted by molar-refractivity contribution is 6.62. The van der Waals surface area contributed by atoms with Gasteiger partial charge in [0.1, 0.15) is 0 Å². The quantitative estimate of drug-likeness (QED) is 0.539. The van der Waals surface area contributed by atoms with Gasteiger partial charge >= 0.3 is 13.2 Å². The molecule has 0 aliphatic carbocycles. The number of carboxylic acid groups (broad SMARTS) is 1. The lowest BCUT2D eigenvalue weighted by Gasteiger charge is -2.33. The summed E-state index contributed by atoms with van der Waals surface area (Å²) in [7, 11) is -0.471. The zero-order valence-corrected chi connectivity index (χ0v) is 17.4. The van der Waals surface area contributed by atoms with Crippen LogP contribution in [0.5, 0.6) is 0 Å². The number of nitrogen functional groups attached to an aromatic ring is 1. The van der Waals surface area contributed by atoms with Crippen LogP contribution in [0.2, 0.25) is 0 Å². The van der Waals surface area contributed by atoms with Gasteiger partial charge in [0.15, 0.2) is 0 Å². The van der Waals surface area contributed by atoms with Gasteiger partial charge in [0.05, 0.1) is 22.6 Å². The second-order valence-corrected chi connectivity index (χ2v) is 8.97.